The number of hydrogen-bond donors (Lipinski definition) is 2. The smallest absolute Gasteiger partial charge is 0.261 e. The summed E-state index contributed by atoms with van der Waals surface area (Å²) in [6, 6.07) is 1.80. The molecule has 124 valence electrons. The van der Waals surface area contributed by atoms with Gasteiger partial charge in [-0.1, -0.05) is 6.92 Å². The van der Waals surface area contributed by atoms with Gasteiger partial charge in [-0.3, -0.25) is 9.59 Å². The molecular formula is C17H18N4O2S. The van der Waals surface area contributed by atoms with Crippen molar-refractivity contribution in [2.45, 2.75) is 26.7 Å². The van der Waals surface area contributed by atoms with E-state index in [9.17, 15) is 9.59 Å². The van der Waals surface area contributed by atoms with E-state index in [1.165, 1.54) is 18.3 Å². The Kier molecular flexibility index (Phi) is 4.44. The maximum Gasteiger partial charge on any atom is 0.261 e. The molecule has 0 spiro atoms. The van der Waals surface area contributed by atoms with Gasteiger partial charge in [-0.25, -0.2) is 9.97 Å². The SMILES string of the molecule is CC(=O)c1cnc2sc(C(=O)NCC(C)c3ncc[nH]3)c(C)c2c1. The van der Waals surface area contributed by atoms with Crippen molar-refractivity contribution in [3.05, 3.63) is 46.5 Å². The van der Waals surface area contributed by atoms with E-state index in [2.05, 4.69) is 20.3 Å². The number of nitrogens with one attached hydrogen (secondary N) is 2. The molecule has 0 aliphatic rings. The van der Waals surface area contributed by atoms with Crippen LogP contribution in [0, 0.1) is 6.92 Å². The Bertz CT molecular complexity index is 899. The van der Waals surface area contributed by atoms with Crippen LogP contribution in [-0.4, -0.2) is 33.2 Å². The lowest BCUT2D eigenvalue weighted by Gasteiger charge is -2.10. The average Bonchev–Trinajstić information content (AvgIpc) is 3.20. The molecule has 1 unspecified atom stereocenters. The second-order valence-electron chi connectivity index (χ2n) is 5.77. The lowest BCUT2D eigenvalue weighted by atomic mass is 10.1. The molecule has 0 radical (unpaired) electrons. The van der Waals surface area contributed by atoms with Gasteiger partial charge < -0.3 is 10.3 Å². The fraction of sp³-hybridized carbons (Fsp3) is 0.294. The third-order valence-corrected chi connectivity index (χ3v) is 5.18. The predicted molar refractivity (Wildman–Crippen MR) is 93.7 cm³/mol. The number of fused-ring (bicyclic) bond motifs is 1. The number of pyridine rings is 1. The third-order valence-electron chi connectivity index (χ3n) is 3.96. The maximum atomic E-state index is 12.5. The molecule has 3 heterocycles. The number of ketones is 1. The van der Waals surface area contributed by atoms with Gasteiger partial charge in [0.15, 0.2) is 5.78 Å². The van der Waals surface area contributed by atoms with Crippen molar-refractivity contribution >= 4 is 33.2 Å². The van der Waals surface area contributed by atoms with Crippen LogP contribution in [0.3, 0.4) is 0 Å². The largest absolute Gasteiger partial charge is 0.351 e. The summed E-state index contributed by atoms with van der Waals surface area (Å²) >= 11 is 1.34. The van der Waals surface area contributed by atoms with E-state index in [1.807, 2.05) is 13.8 Å². The van der Waals surface area contributed by atoms with Crippen LogP contribution in [0.5, 0.6) is 0 Å². The van der Waals surface area contributed by atoms with Crippen LogP contribution in [-0.2, 0) is 0 Å². The minimum Gasteiger partial charge on any atom is -0.351 e. The van der Waals surface area contributed by atoms with E-state index in [0.29, 0.717) is 17.0 Å². The standard InChI is InChI=1S/C17H18N4O2S/c1-9(15-18-4-5-19-15)7-20-16(23)14-10(2)13-6-12(11(3)22)8-21-17(13)24-14/h4-6,8-9H,7H2,1-3H3,(H,18,19)(H,20,23). The average molecular weight is 342 g/mol. The molecule has 0 aliphatic carbocycles. The van der Waals surface area contributed by atoms with E-state index < -0.39 is 0 Å². The van der Waals surface area contributed by atoms with Gasteiger partial charge in [0.2, 0.25) is 0 Å². The molecule has 0 saturated heterocycles. The summed E-state index contributed by atoms with van der Waals surface area (Å²) in [6.45, 7) is 5.88. The van der Waals surface area contributed by atoms with Crippen molar-refractivity contribution in [3.8, 4) is 0 Å². The number of thiophene rings is 1. The topological polar surface area (TPSA) is 87.7 Å². The minimum atomic E-state index is -0.127. The first-order valence-electron chi connectivity index (χ1n) is 7.65. The van der Waals surface area contributed by atoms with E-state index in [0.717, 1.165) is 21.6 Å². The predicted octanol–water partition coefficient (Wildman–Crippen LogP) is 3.06. The van der Waals surface area contributed by atoms with Gasteiger partial charge in [-0.15, -0.1) is 11.3 Å². The molecule has 1 amide bonds. The molecule has 0 aliphatic heterocycles. The fourth-order valence-electron chi connectivity index (χ4n) is 2.48. The van der Waals surface area contributed by atoms with Crippen LogP contribution < -0.4 is 5.32 Å². The van der Waals surface area contributed by atoms with E-state index in [1.54, 1.807) is 24.7 Å². The number of nitrogens with zero attached hydrogens (tertiary/aromatic N) is 2. The van der Waals surface area contributed by atoms with Gasteiger partial charge in [-0.2, -0.15) is 0 Å². The molecule has 0 aromatic carbocycles. The Morgan fingerprint density at radius 2 is 2.17 bits per heavy atom. The zero-order valence-electron chi connectivity index (χ0n) is 13.7. The molecule has 0 saturated carbocycles. The lowest BCUT2D eigenvalue weighted by Crippen LogP contribution is -2.27. The van der Waals surface area contributed by atoms with Crippen molar-refractivity contribution in [2.24, 2.45) is 0 Å². The van der Waals surface area contributed by atoms with E-state index >= 15 is 0 Å². The molecule has 7 heteroatoms. The highest BCUT2D eigenvalue weighted by atomic mass is 32.1. The summed E-state index contributed by atoms with van der Waals surface area (Å²) in [5.41, 5.74) is 1.41. The molecule has 24 heavy (non-hydrogen) atoms. The van der Waals surface area contributed by atoms with Crippen molar-refractivity contribution in [2.75, 3.05) is 6.54 Å². The Labute approximate surface area is 143 Å². The van der Waals surface area contributed by atoms with Gasteiger partial charge in [-0.05, 0) is 25.5 Å². The van der Waals surface area contributed by atoms with Gasteiger partial charge in [0, 0.05) is 42.0 Å². The van der Waals surface area contributed by atoms with Crippen LogP contribution in [0.25, 0.3) is 10.2 Å². The van der Waals surface area contributed by atoms with Gasteiger partial charge >= 0.3 is 0 Å². The number of H-pyrrole nitrogens is 1. The summed E-state index contributed by atoms with van der Waals surface area (Å²) in [5.74, 6) is 0.781. The number of aromatic nitrogens is 3. The summed E-state index contributed by atoms with van der Waals surface area (Å²) in [6.07, 6.45) is 5.02. The van der Waals surface area contributed by atoms with Gasteiger partial charge in [0.25, 0.3) is 5.91 Å². The summed E-state index contributed by atoms with van der Waals surface area (Å²) in [4.78, 5) is 37.0. The van der Waals surface area contributed by atoms with Crippen molar-refractivity contribution in [1.82, 2.24) is 20.3 Å². The first-order chi connectivity index (χ1) is 11.5. The third kappa shape index (κ3) is 3.07. The Balaban J connectivity index is 1.79. The zero-order valence-corrected chi connectivity index (χ0v) is 14.5. The maximum absolute atomic E-state index is 12.5. The molecule has 0 fully saturated rings. The van der Waals surface area contributed by atoms with Gasteiger partial charge in [0.05, 0.1) is 4.88 Å². The van der Waals surface area contributed by atoms with Crippen molar-refractivity contribution < 1.29 is 9.59 Å². The number of amides is 1. The Morgan fingerprint density at radius 3 is 2.83 bits per heavy atom. The van der Waals surface area contributed by atoms with E-state index in [-0.39, 0.29) is 17.6 Å². The second kappa shape index (κ2) is 6.52. The number of hydrogen-bond acceptors (Lipinski definition) is 5. The Morgan fingerprint density at radius 1 is 1.38 bits per heavy atom. The number of carbonyl (C=O) groups excluding carboxylic acids is 2. The number of imidazole rings is 1. The van der Waals surface area contributed by atoms with Crippen LogP contribution >= 0.6 is 11.3 Å². The summed E-state index contributed by atoms with van der Waals surface area (Å²) in [7, 11) is 0. The van der Waals surface area contributed by atoms with Crippen LogP contribution in [0.4, 0.5) is 0 Å². The van der Waals surface area contributed by atoms with Crippen LogP contribution in [0.1, 0.15) is 51.2 Å². The first kappa shape index (κ1) is 16.3. The highest BCUT2D eigenvalue weighted by Gasteiger charge is 2.18. The number of aromatic amines is 1. The molecule has 3 aromatic heterocycles. The molecular weight excluding hydrogens is 324 g/mol. The van der Waals surface area contributed by atoms with Crippen molar-refractivity contribution in [1.29, 1.82) is 0 Å². The van der Waals surface area contributed by atoms with Crippen LogP contribution in [0.15, 0.2) is 24.7 Å². The monoisotopic (exact) mass is 342 g/mol. The first-order valence-corrected chi connectivity index (χ1v) is 8.46. The number of Topliss-reactive ketones (excluding diaryl/α,β-unsaturated/α-hetero) is 1. The van der Waals surface area contributed by atoms with Gasteiger partial charge in [0.1, 0.15) is 10.7 Å². The minimum absolute atomic E-state index is 0.0340. The summed E-state index contributed by atoms with van der Waals surface area (Å²) in [5, 5.41) is 3.80. The molecule has 0 bridgehead atoms. The molecule has 3 aromatic rings. The van der Waals surface area contributed by atoms with Crippen LogP contribution in [0.2, 0.25) is 0 Å². The highest BCUT2D eigenvalue weighted by Crippen LogP contribution is 2.30. The molecule has 1 atom stereocenters. The zero-order chi connectivity index (χ0) is 17.3. The quantitative estimate of drug-likeness (QED) is 0.698. The lowest BCUT2D eigenvalue weighted by molar-refractivity contribution is 0.0954. The molecule has 6 nitrogen and oxygen atoms in total. The molecule has 3 rings (SSSR count). The highest BCUT2D eigenvalue weighted by molar-refractivity contribution is 7.20. The fourth-order valence-corrected chi connectivity index (χ4v) is 3.53. The number of rotatable bonds is 5. The molecule has 2 N–H and O–H groups in total. The second-order valence-corrected chi connectivity index (χ2v) is 6.77. The number of aryl methyl sites for hydroxylation is 1. The Hall–Kier alpha value is -2.54. The number of carbonyl (C=O) groups is 2. The van der Waals surface area contributed by atoms with E-state index in [4.69, 9.17) is 0 Å². The summed E-state index contributed by atoms with van der Waals surface area (Å²) < 4.78 is 0. The normalized spacial score (nSPS) is 12.3. The van der Waals surface area contributed by atoms with Crippen molar-refractivity contribution in [3.63, 3.8) is 0 Å².